The van der Waals surface area contributed by atoms with E-state index in [9.17, 15) is 0 Å². The van der Waals surface area contributed by atoms with Gasteiger partial charge < -0.3 is 14.8 Å². The number of pyridine rings is 1. The van der Waals surface area contributed by atoms with Gasteiger partial charge in [-0.25, -0.2) is 0 Å². The van der Waals surface area contributed by atoms with Gasteiger partial charge in [-0.2, -0.15) is 0 Å². The summed E-state index contributed by atoms with van der Waals surface area (Å²) in [6.07, 6.45) is 1.84. The minimum atomic E-state index is -0.0779. The molecule has 1 saturated heterocycles. The van der Waals surface area contributed by atoms with Crippen molar-refractivity contribution in [3.8, 4) is 5.69 Å². The molecule has 0 amide bonds. The Kier molecular flexibility index (Phi) is 6.35. The highest BCUT2D eigenvalue weighted by Gasteiger charge is 2.42. The number of thiocarbonyl (C=S) groups is 1. The number of nitrogens with one attached hydrogen (secondary N) is 1. The Balaban J connectivity index is 1.70. The number of hydrogen-bond acceptors (Lipinski definition) is 2. The zero-order chi connectivity index (χ0) is 24.0. The largest absolute Gasteiger partial charge is 0.351 e. The molecule has 0 unspecified atom stereocenters. The summed E-state index contributed by atoms with van der Waals surface area (Å²) in [5.41, 5.74) is 7.89. The third-order valence-electron chi connectivity index (χ3n) is 6.40. The van der Waals surface area contributed by atoms with Crippen molar-refractivity contribution in [1.29, 1.82) is 0 Å². The van der Waals surface area contributed by atoms with E-state index in [1.165, 1.54) is 22.5 Å². The van der Waals surface area contributed by atoms with Crippen LogP contribution in [0.1, 0.15) is 40.3 Å². The fourth-order valence-corrected chi connectivity index (χ4v) is 5.87. The maximum atomic E-state index is 5.91. The van der Waals surface area contributed by atoms with E-state index in [1.54, 1.807) is 0 Å². The summed E-state index contributed by atoms with van der Waals surface area (Å²) in [4.78, 5) is 6.93. The summed E-state index contributed by atoms with van der Waals surface area (Å²) >= 11 is 13.3. The molecule has 7 heteroatoms. The Morgan fingerprint density at radius 2 is 1.68 bits per heavy atom. The predicted octanol–water partition coefficient (Wildman–Crippen LogP) is 7.50. The first-order chi connectivity index (χ1) is 16.4. The number of aryl methyl sites for hydroxylation is 2. The molecule has 2 atom stereocenters. The van der Waals surface area contributed by atoms with Crippen molar-refractivity contribution in [1.82, 2.24) is 14.9 Å². The number of halogens is 2. The molecule has 4 aromatic rings. The van der Waals surface area contributed by atoms with Gasteiger partial charge in [0.25, 0.3) is 0 Å². The molecule has 0 radical (unpaired) electrons. The summed E-state index contributed by atoms with van der Waals surface area (Å²) in [7, 11) is 0. The van der Waals surface area contributed by atoms with E-state index in [1.807, 2.05) is 24.4 Å². The zero-order valence-corrected chi connectivity index (χ0v) is 23.1. The lowest BCUT2D eigenvalue weighted by Gasteiger charge is -2.28. The molecule has 0 bridgehead atoms. The summed E-state index contributed by atoms with van der Waals surface area (Å²) in [6.45, 7) is 6.44. The van der Waals surface area contributed by atoms with Gasteiger partial charge in [0.2, 0.25) is 0 Å². The highest BCUT2D eigenvalue weighted by molar-refractivity contribution is 9.10. The molecule has 1 fully saturated rings. The summed E-state index contributed by atoms with van der Waals surface area (Å²) in [6, 6.07) is 22.9. The smallest absolute Gasteiger partial charge is 0.174 e. The highest BCUT2D eigenvalue weighted by Crippen LogP contribution is 2.44. The number of nitrogens with zero attached hydrogens (tertiary/aromatic N) is 3. The third kappa shape index (κ3) is 4.00. The molecule has 34 heavy (non-hydrogen) atoms. The molecular formula is C27H24Br2N4S. The molecule has 0 aliphatic carbocycles. The van der Waals surface area contributed by atoms with E-state index in [-0.39, 0.29) is 12.1 Å². The van der Waals surface area contributed by atoms with Gasteiger partial charge in [-0.3, -0.25) is 4.98 Å². The first-order valence-corrected chi connectivity index (χ1v) is 13.1. The van der Waals surface area contributed by atoms with Crippen molar-refractivity contribution in [2.24, 2.45) is 0 Å². The quantitative estimate of drug-likeness (QED) is 0.248. The lowest BCUT2D eigenvalue weighted by atomic mass is 9.96. The van der Waals surface area contributed by atoms with Gasteiger partial charge in [-0.1, -0.05) is 34.1 Å². The summed E-state index contributed by atoms with van der Waals surface area (Å²) < 4.78 is 4.45. The second-order valence-electron chi connectivity index (χ2n) is 8.54. The molecule has 2 aromatic heterocycles. The molecule has 0 spiro atoms. The molecule has 1 N–H and O–H groups in total. The molecule has 172 valence electrons. The van der Waals surface area contributed by atoms with E-state index in [2.05, 4.69) is 116 Å². The lowest BCUT2D eigenvalue weighted by molar-refractivity contribution is 0.565. The standard InChI is InChI=1S/C27H24Br2N4S/c1-16-14-19(11-12-21(16)28)33-26(25(31-27(33)34)23-9-6-7-13-30-23)20-15-17(2)32(18(20)3)24-10-5-4-8-22(24)29/h4-15,25-26H,1-3H3,(H,31,34)/t25-,26+/m1/s1. The Hall–Kier alpha value is -2.48. The van der Waals surface area contributed by atoms with Crippen LogP contribution < -0.4 is 10.2 Å². The van der Waals surface area contributed by atoms with Crippen LogP contribution in [0.25, 0.3) is 5.69 Å². The molecule has 4 nitrogen and oxygen atoms in total. The van der Waals surface area contributed by atoms with Crippen LogP contribution in [0.3, 0.4) is 0 Å². The van der Waals surface area contributed by atoms with Crippen LogP contribution in [-0.2, 0) is 0 Å². The number of benzene rings is 2. The van der Waals surface area contributed by atoms with Crippen molar-refractivity contribution in [3.05, 3.63) is 110 Å². The van der Waals surface area contributed by atoms with Crippen LogP contribution in [0.2, 0.25) is 0 Å². The van der Waals surface area contributed by atoms with Gasteiger partial charge in [-0.05, 0) is 109 Å². The Morgan fingerprint density at radius 1 is 0.912 bits per heavy atom. The number of aromatic nitrogens is 2. The highest BCUT2D eigenvalue weighted by atomic mass is 79.9. The molecule has 2 aromatic carbocycles. The van der Waals surface area contributed by atoms with Crippen molar-refractivity contribution < 1.29 is 0 Å². The van der Waals surface area contributed by atoms with Gasteiger partial charge in [0.1, 0.15) is 0 Å². The van der Waals surface area contributed by atoms with Crippen molar-refractivity contribution in [3.63, 3.8) is 0 Å². The Bertz CT molecular complexity index is 1380. The number of para-hydroxylation sites is 1. The van der Waals surface area contributed by atoms with E-state index in [0.717, 1.165) is 26.0 Å². The van der Waals surface area contributed by atoms with Crippen molar-refractivity contribution in [2.45, 2.75) is 32.9 Å². The van der Waals surface area contributed by atoms with Crippen LogP contribution in [0.5, 0.6) is 0 Å². The average Bonchev–Trinajstić information content (AvgIpc) is 3.32. The molecule has 0 saturated carbocycles. The maximum Gasteiger partial charge on any atom is 0.174 e. The van der Waals surface area contributed by atoms with E-state index in [4.69, 9.17) is 17.2 Å². The molecule has 1 aliphatic rings. The van der Waals surface area contributed by atoms with Gasteiger partial charge >= 0.3 is 0 Å². The lowest BCUT2D eigenvalue weighted by Crippen LogP contribution is -2.29. The van der Waals surface area contributed by atoms with E-state index >= 15 is 0 Å². The van der Waals surface area contributed by atoms with Crippen LogP contribution >= 0.6 is 44.1 Å². The topological polar surface area (TPSA) is 33.1 Å². The third-order valence-corrected chi connectivity index (χ3v) is 8.27. The fraction of sp³-hybridized carbons (Fsp3) is 0.185. The van der Waals surface area contributed by atoms with E-state index < -0.39 is 0 Å². The van der Waals surface area contributed by atoms with Gasteiger partial charge in [0, 0.05) is 32.2 Å². The summed E-state index contributed by atoms with van der Waals surface area (Å²) in [5.74, 6) is 0. The number of rotatable bonds is 4. The first-order valence-electron chi connectivity index (χ1n) is 11.1. The van der Waals surface area contributed by atoms with Gasteiger partial charge in [0.15, 0.2) is 5.11 Å². The molecular weight excluding hydrogens is 572 g/mol. The second kappa shape index (κ2) is 9.29. The van der Waals surface area contributed by atoms with Gasteiger partial charge in [0.05, 0.1) is 23.5 Å². The van der Waals surface area contributed by atoms with Crippen molar-refractivity contribution >= 4 is 54.9 Å². The first kappa shape index (κ1) is 23.3. The van der Waals surface area contributed by atoms with Crippen LogP contribution in [-0.4, -0.2) is 14.7 Å². The van der Waals surface area contributed by atoms with Gasteiger partial charge in [-0.15, -0.1) is 0 Å². The molecule has 3 heterocycles. The van der Waals surface area contributed by atoms with Crippen LogP contribution in [0.15, 0.2) is 81.9 Å². The second-order valence-corrected chi connectivity index (χ2v) is 10.6. The SMILES string of the molecule is Cc1cc(N2C(=S)N[C@H](c3ccccn3)[C@@H]2c2cc(C)n(-c3ccccc3Br)c2C)ccc1Br. The van der Waals surface area contributed by atoms with Crippen LogP contribution in [0, 0.1) is 20.8 Å². The minimum Gasteiger partial charge on any atom is -0.351 e. The number of hydrogen-bond donors (Lipinski definition) is 1. The number of anilines is 1. The van der Waals surface area contributed by atoms with Crippen molar-refractivity contribution in [2.75, 3.05) is 4.90 Å². The zero-order valence-electron chi connectivity index (χ0n) is 19.1. The van der Waals surface area contributed by atoms with Crippen LogP contribution in [0.4, 0.5) is 5.69 Å². The predicted molar refractivity (Wildman–Crippen MR) is 150 cm³/mol. The Labute approximate surface area is 222 Å². The molecule has 5 rings (SSSR count). The normalized spacial score (nSPS) is 17.8. The maximum absolute atomic E-state index is 5.91. The summed E-state index contributed by atoms with van der Waals surface area (Å²) in [5, 5.41) is 4.28. The fourth-order valence-electron chi connectivity index (χ4n) is 4.82. The molecule has 1 aliphatic heterocycles. The monoisotopic (exact) mass is 594 g/mol. The minimum absolute atomic E-state index is 0.0505. The average molecular weight is 596 g/mol. The Morgan fingerprint density at radius 3 is 2.38 bits per heavy atom. The van der Waals surface area contributed by atoms with E-state index in [0.29, 0.717) is 5.11 Å².